The maximum atomic E-state index is 9.52. The molecule has 1 N–H and O–H groups in total. The smallest absolute Gasteiger partial charge is 0.164 e. The number of aromatic nitrogens is 2. The number of hydrogen-bond donors (Lipinski definition) is 1. The van der Waals surface area contributed by atoms with Crippen LogP contribution in [0.15, 0.2) is 46.0 Å². The molecule has 0 aliphatic rings. The topological polar surface area (TPSA) is 75.2 Å². The summed E-state index contributed by atoms with van der Waals surface area (Å²) in [5.74, 6) is 0.426. The molecule has 1 aromatic carbocycles. The second kappa shape index (κ2) is 9.03. The Balaban J connectivity index is 1.90. The predicted octanol–water partition coefficient (Wildman–Crippen LogP) is 5.02. The zero-order valence-corrected chi connectivity index (χ0v) is 18.4. The molecular formula is C22H22BrN5O. The lowest BCUT2D eigenvalue weighted by Gasteiger charge is -2.11. The first-order valence-electron chi connectivity index (χ1n) is 9.08. The van der Waals surface area contributed by atoms with E-state index < -0.39 is 0 Å². The minimum Gasteiger partial charge on any atom is -0.380 e. The Bertz CT molecular complexity index is 1110. The predicted molar refractivity (Wildman–Crippen MR) is 119 cm³/mol. The monoisotopic (exact) mass is 451 g/mol. The van der Waals surface area contributed by atoms with Crippen molar-refractivity contribution in [2.24, 2.45) is 5.10 Å². The summed E-state index contributed by atoms with van der Waals surface area (Å²) >= 11 is 3.62. The highest BCUT2D eigenvalue weighted by Gasteiger charge is 2.13. The van der Waals surface area contributed by atoms with Crippen molar-refractivity contribution >= 4 is 28.0 Å². The number of pyridine rings is 1. The SMILES string of the molecule is COCc1cc(C)nc(N/N=C/c2cc(C)n(-c3ccccc3Br)c2C)c1C#N. The number of benzene rings is 1. The lowest BCUT2D eigenvalue weighted by atomic mass is 10.1. The van der Waals surface area contributed by atoms with E-state index in [0.29, 0.717) is 18.0 Å². The van der Waals surface area contributed by atoms with E-state index in [1.165, 1.54) is 0 Å². The van der Waals surface area contributed by atoms with E-state index in [1.54, 1.807) is 13.3 Å². The van der Waals surface area contributed by atoms with Gasteiger partial charge < -0.3 is 9.30 Å². The van der Waals surface area contributed by atoms with Crippen LogP contribution in [-0.2, 0) is 11.3 Å². The average Bonchev–Trinajstić information content (AvgIpc) is 2.96. The van der Waals surface area contributed by atoms with Crippen LogP contribution in [0.1, 0.15) is 33.8 Å². The number of para-hydroxylation sites is 1. The Labute approximate surface area is 179 Å². The molecule has 0 saturated heterocycles. The van der Waals surface area contributed by atoms with Crippen molar-refractivity contribution in [1.29, 1.82) is 5.26 Å². The van der Waals surface area contributed by atoms with Crippen molar-refractivity contribution in [3.63, 3.8) is 0 Å². The van der Waals surface area contributed by atoms with E-state index in [9.17, 15) is 5.26 Å². The maximum absolute atomic E-state index is 9.52. The van der Waals surface area contributed by atoms with E-state index in [1.807, 2.05) is 31.2 Å². The number of nitriles is 1. The fraction of sp³-hybridized carbons (Fsp3) is 0.227. The summed E-state index contributed by atoms with van der Waals surface area (Å²) in [4.78, 5) is 4.41. The van der Waals surface area contributed by atoms with Gasteiger partial charge in [0.05, 0.1) is 18.5 Å². The quantitative estimate of drug-likeness (QED) is 0.421. The zero-order valence-electron chi connectivity index (χ0n) is 16.8. The Morgan fingerprint density at radius 1 is 1.28 bits per heavy atom. The summed E-state index contributed by atoms with van der Waals surface area (Å²) in [7, 11) is 1.60. The van der Waals surface area contributed by atoms with Crippen LogP contribution in [0.4, 0.5) is 5.82 Å². The molecule has 0 unspecified atom stereocenters. The molecule has 0 atom stereocenters. The molecule has 0 bridgehead atoms. The molecule has 3 aromatic rings. The molecule has 148 valence electrons. The van der Waals surface area contributed by atoms with Crippen LogP contribution in [0.3, 0.4) is 0 Å². The zero-order chi connectivity index (χ0) is 21.0. The number of nitrogens with zero attached hydrogens (tertiary/aromatic N) is 4. The lowest BCUT2D eigenvalue weighted by molar-refractivity contribution is 0.184. The average molecular weight is 452 g/mol. The molecule has 0 aliphatic heterocycles. The summed E-state index contributed by atoms with van der Waals surface area (Å²) in [6.45, 7) is 6.33. The van der Waals surface area contributed by atoms with Gasteiger partial charge in [-0.15, -0.1) is 0 Å². The fourth-order valence-electron chi connectivity index (χ4n) is 3.30. The molecule has 6 nitrogen and oxygen atoms in total. The number of hydrazone groups is 1. The van der Waals surface area contributed by atoms with Crippen LogP contribution in [0, 0.1) is 32.1 Å². The highest BCUT2D eigenvalue weighted by atomic mass is 79.9. The standard InChI is InChI=1S/C22H22BrN5O/c1-14-9-18(13-29-4)19(11-24)22(26-14)27-25-12-17-10-15(2)28(16(17)3)21-8-6-5-7-20(21)23/h5-10,12H,13H2,1-4H3,(H,26,27)/b25-12+. The maximum Gasteiger partial charge on any atom is 0.164 e. The number of halogens is 1. The van der Waals surface area contributed by atoms with Gasteiger partial charge in [-0.2, -0.15) is 10.4 Å². The molecule has 0 radical (unpaired) electrons. The summed E-state index contributed by atoms with van der Waals surface area (Å²) in [6.07, 6.45) is 1.75. The van der Waals surface area contributed by atoms with E-state index >= 15 is 0 Å². The van der Waals surface area contributed by atoms with Crippen LogP contribution < -0.4 is 5.43 Å². The molecule has 0 amide bonds. The highest BCUT2D eigenvalue weighted by molar-refractivity contribution is 9.10. The van der Waals surface area contributed by atoms with Gasteiger partial charge in [0.2, 0.25) is 0 Å². The van der Waals surface area contributed by atoms with Crippen LogP contribution in [0.2, 0.25) is 0 Å². The number of anilines is 1. The van der Waals surface area contributed by atoms with E-state index in [-0.39, 0.29) is 0 Å². The molecule has 0 spiro atoms. The van der Waals surface area contributed by atoms with Crippen molar-refractivity contribution in [2.45, 2.75) is 27.4 Å². The first-order chi connectivity index (χ1) is 14.0. The summed E-state index contributed by atoms with van der Waals surface area (Å²) < 4.78 is 8.38. The molecule has 0 aliphatic carbocycles. The van der Waals surface area contributed by atoms with Crippen molar-refractivity contribution in [2.75, 3.05) is 12.5 Å². The third kappa shape index (κ3) is 4.39. The van der Waals surface area contributed by atoms with Crippen LogP contribution >= 0.6 is 15.9 Å². The van der Waals surface area contributed by atoms with E-state index in [4.69, 9.17) is 4.74 Å². The van der Waals surface area contributed by atoms with Gasteiger partial charge in [-0.25, -0.2) is 4.98 Å². The molecule has 0 saturated carbocycles. The van der Waals surface area contributed by atoms with Crippen LogP contribution in [0.5, 0.6) is 0 Å². The molecule has 2 aromatic heterocycles. The van der Waals surface area contributed by atoms with Crippen LogP contribution in [-0.4, -0.2) is 22.9 Å². The molecule has 2 heterocycles. The van der Waals surface area contributed by atoms with E-state index in [0.717, 1.165) is 38.4 Å². The summed E-state index contributed by atoms with van der Waals surface area (Å²) in [5.41, 5.74) is 9.16. The minimum atomic E-state index is 0.345. The van der Waals surface area contributed by atoms with Crippen LogP contribution in [0.25, 0.3) is 5.69 Å². The normalized spacial score (nSPS) is 11.0. The molecule has 3 rings (SSSR count). The van der Waals surface area contributed by atoms with Gasteiger partial charge in [0.15, 0.2) is 5.82 Å². The number of rotatable bonds is 6. The number of ether oxygens (including phenoxy) is 1. The van der Waals surface area contributed by atoms with Crippen molar-refractivity contribution in [1.82, 2.24) is 9.55 Å². The lowest BCUT2D eigenvalue weighted by Crippen LogP contribution is -2.04. The molecule has 0 fully saturated rings. The number of aryl methyl sites for hydroxylation is 2. The Kier molecular flexibility index (Phi) is 6.47. The fourth-order valence-corrected chi connectivity index (χ4v) is 3.76. The molecule has 7 heteroatoms. The van der Waals surface area contributed by atoms with Gasteiger partial charge in [0, 0.05) is 39.8 Å². The van der Waals surface area contributed by atoms with Crippen molar-refractivity contribution in [3.8, 4) is 11.8 Å². The summed E-state index contributed by atoms with van der Waals surface area (Å²) in [5, 5.41) is 13.9. The van der Waals surface area contributed by atoms with Gasteiger partial charge >= 0.3 is 0 Å². The van der Waals surface area contributed by atoms with E-state index in [2.05, 4.69) is 68.1 Å². The Morgan fingerprint density at radius 3 is 2.72 bits per heavy atom. The Hall–Kier alpha value is -2.95. The van der Waals surface area contributed by atoms with Gasteiger partial charge in [0.1, 0.15) is 11.6 Å². The number of hydrogen-bond acceptors (Lipinski definition) is 5. The van der Waals surface area contributed by atoms with Gasteiger partial charge in [-0.3, -0.25) is 5.43 Å². The first-order valence-corrected chi connectivity index (χ1v) is 9.88. The number of nitrogens with one attached hydrogen (secondary N) is 1. The second-order valence-electron chi connectivity index (χ2n) is 6.67. The highest BCUT2D eigenvalue weighted by Crippen LogP contribution is 2.26. The van der Waals surface area contributed by atoms with Gasteiger partial charge in [-0.1, -0.05) is 12.1 Å². The first kappa shape index (κ1) is 20.8. The summed E-state index contributed by atoms with van der Waals surface area (Å²) in [6, 6.07) is 14.2. The van der Waals surface area contributed by atoms with Crippen molar-refractivity contribution in [3.05, 3.63) is 74.6 Å². The van der Waals surface area contributed by atoms with Gasteiger partial charge in [0.25, 0.3) is 0 Å². The number of methoxy groups -OCH3 is 1. The second-order valence-corrected chi connectivity index (χ2v) is 7.53. The third-order valence-corrected chi connectivity index (χ3v) is 5.25. The largest absolute Gasteiger partial charge is 0.380 e. The third-order valence-electron chi connectivity index (χ3n) is 4.58. The molecule has 29 heavy (non-hydrogen) atoms. The minimum absolute atomic E-state index is 0.345. The van der Waals surface area contributed by atoms with Gasteiger partial charge in [-0.05, 0) is 61.0 Å². The molecular weight excluding hydrogens is 430 g/mol. The van der Waals surface area contributed by atoms with Crippen molar-refractivity contribution < 1.29 is 4.74 Å². The Morgan fingerprint density at radius 2 is 2.03 bits per heavy atom.